The van der Waals surface area contributed by atoms with Gasteiger partial charge in [-0.15, -0.1) is 0 Å². The molecule has 1 aliphatic rings. The van der Waals surface area contributed by atoms with Crippen LogP contribution in [0.25, 0.3) is 16.8 Å². The number of ketones is 1. The van der Waals surface area contributed by atoms with E-state index in [0.29, 0.717) is 35.6 Å². The number of sulfonamides is 1. The molecule has 34 heavy (non-hydrogen) atoms. The Hall–Kier alpha value is -3.63. The summed E-state index contributed by atoms with van der Waals surface area (Å²) in [5.41, 5.74) is 10.8. The predicted octanol–water partition coefficient (Wildman–Crippen LogP) is 2.67. The van der Waals surface area contributed by atoms with Gasteiger partial charge in [0.1, 0.15) is 12.0 Å². The van der Waals surface area contributed by atoms with E-state index in [1.807, 2.05) is 36.4 Å². The molecule has 0 saturated heterocycles. The number of hydrogen-bond acceptors (Lipinski definition) is 6. The molecule has 4 aromatic rings. The van der Waals surface area contributed by atoms with Gasteiger partial charge in [-0.05, 0) is 34.9 Å². The van der Waals surface area contributed by atoms with Crippen molar-refractivity contribution in [3.63, 3.8) is 0 Å². The summed E-state index contributed by atoms with van der Waals surface area (Å²) < 4.78 is 25.8. The highest BCUT2D eigenvalue weighted by molar-refractivity contribution is 7.89. The van der Waals surface area contributed by atoms with E-state index in [4.69, 9.17) is 10.9 Å². The zero-order chi connectivity index (χ0) is 23.9. The summed E-state index contributed by atoms with van der Waals surface area (Å²) in [6.45, 7) is 0.856. The van der Waals surface area contributed by atoms with Crippen molar-refractivity contribution in [3.05, 3.63) is 102 Å². The molecule has 1 atom stereocenters. The van der Waals surface area contributed by atoms with Crippen LogP contribution in [0.1, 0.15) is 33.4 Å². The highest BCUT2D eigenvalue weighted by atomic mass is 32.2. The number of nitrogens with two attached hydrogens (primary N) is 2. The molecule has 0 fully saturated rings. The zero-order valence-corrected chi connectivity index (χ0v) is 19.0. The normalized spacial score (nSPS) is 15.8. The Labute approximate surface area is 197 Å². The molecule has 3 aromatic carbocycles. The molecule has 0 spiro atoms. The molecule has 0 aliphatic carbocycles. The molecule has 0 amide bonds. The largest absolute Gasteiger partial charge is 0.326 e. The second-order valence-electron chi connectivity index (χ2n) is 8.13. The Kier molecular flexibility index (Phi) is 5.62. The molecular weight excluding hydrogens is 450 g/mol. The van der Waals surface area contributed by atoms with Gasteiger partial charge in [0.2, 0.25) is 15.8 Å². The van der Waals surface area contributed by atoms with Crippen LogP contribution in [0.2, 0.25) is 0 Å². The third kappa shape index (κ3) is 3.95. The van der Waals surface area contributed by atoms with Crippen LogP contribution in [0, 0.1) is 0 Å². The maximum absolute atomic E-state index is 13.5. The van der Waals surface area contributed by atoms with Crippen LogP contribution in [0.15, 0.2) is 84.0 Å². The number of primary sulfonamides is 1. The Morgan fingerprint density at radius 3 is 2.53 bits per heavy atom. The summed E-state index contributed by atoms with van der Waals surface area (Å²) in [5, 5.41) is 8.64. The SMILES string of the molecule is NCc1cccc(-n2cnc3c2C(=O)C(c2ccc(-c4ccccc4S(N)(=O)=O)cc2)NC3)c1. The number of fused-ring (bicyclic) bond motifs is 1. The minimum Gasteiger partial charge on any atom is -0.326 e. The van der Waals surface area contributed by atoms with Crippen LogP contribution in [0.5, 0.6) is 0 Å². The van der Waals surface area contributed by atoms with Crippen molar-refractivity contribution in [3.8, 4) is 16.8 Å². The molecule has 2 heterocycles. The van der Waals surface area contributed by atoms with E-state index in [-0.39, 0.29) is 10.7 Å². The van der Waals surface area contributed by atoms with E-state index in [1.54, 1.807) is 41.2 Å². The molecule has 5 N–H and O–H groups in total. The van der Waals surface area contributed by atoms with Crippen molar-refractivity contribution in [2.45, 2.75) is 24.0 Å². The van der Waals surface area contributed by atoms with Crippen LogP contribution < -0.4 is 16.2 Å². The fraction of sp³-hybridized carbons (Fsp3) is 0.120. The van der Waals surface area contributed by atoms with Gasteiger partial charge in [-0.3, -0.25) is 14.7 Å². The first-order valence-electron chi connectivity index (χ1n) is 10.7. The van der Waals surface area contributed by atoms with Gasteiger partial charge in [-0.2, -0.15) is 0 Å². The molecule has 8 nitrogen and oxygen atoms in total. The lowest BCUT2D eigenvalue weighted by atomic mass is 9.94. The molecule has 0 radical (unpaired) electrons. The third-order valence-electron chi connectivity index (χ3n) is 5.99. The van der Waals surface area contributed by atoms with Gasteiger partial charge in [-0.25, -0.2) is 18.5 Å². The summed E-state index contributed by atoms with van der Waals surface area (Å²) in [5.74, 6) is -0.0883. The molecule has 5 rings (SSSR count). The molecule has 9 heteroatoms. The molecule has 1 aromatic heterocycles. The van der Waals surface area contributed by atoms with E-state index < -0.39 is 16.1 Å². The maximum Gasteiger partial charge on any atom is 0.238 e. The van der Waals surface area contributed by atoms with Crippen LogP contribution in [-0.4, -0.2) is 23.8 Å². The van der Waals surface area contributed by atoms with E-state index in [1.165, 1.54) is 6.07 Å². The van der Waals surface area contributed by atoms with E-state index in [2.05, 4.69) is 10.3 Å². The van der Waals surface area contributed by atoms with Gasteiger partial charge in [0.05, 0.1) is 16.6 Å². The molecule has 0 saturated carbocycles. The van der Waals surface area contributed by atoms with Crippen LogP contribution >= 0.6 is 0 Å². The summed E-state index contributed by atoms with van der Waals surface area (Å²) in [6, 6.07) is 21.0. The molecule has 1 unspecified atom stereocenters. The second-order valence-corrected chi connectivity index (χ2v) is 9.66. The highest BCUT2D eigenvalue weighted by Gasteiger charge is 2.32. The fourth-order valence-electron chi connectivity index (χ4n) is 4.31. The van der Waals surface area contributed by atoms with Crippen LogP contribution in [0.4, 0.5) is 0 Å². The summed E-state index contributed by atoms with van der Waals surface area (Å²) in [7, 11) is -3.87. The minimum absolute atomic E-state index is 0.0582. The molecular formula is C25H23N5O3S. The van der Waals surface area contributed by atoms with Crippen molar-refractivity contribution in [1.29, 1.82) is 0 Å². The standard InChI is InChI=1S/C25H23N5O3S/c26-13-16-4-3-5-19(12-16)30-15-29-21-14-28-23(25(31)24(21)30)18-10-8-17(9-11-18)20-6-1-2-7-22(20)34(27,32)33/h1-12,15,23,28H,13-14,26H2,(H2,27,32,33). The number of carbonyl (C=O) groups excluding carboxylic acids is 1. The molecule has 172 valence electrons. The lowest BCUT2D eigenvalue weighted by Gasteiger charge is -2.24. The third-order valence-corrected chi connectivity index (χ3v) is 6.95. The Morgan fingerprint density at radius 1 is 1.03 bits per heavy atom. The topological polar surface area (TPSA) is 133 Å². The van der Waals surface area contributed by atoms with E-state index in [9.17, 15) is 13.2 Å². The average molecular weight is 474 g/mol. The average Bonchev–Trinajstić information content (AvgIpc) is 3.29. The smallest absolute Gasteiger partial charge is 0.238 e. The zero-order valence-electron chi connectivity index (χ0n) is 18.2. The van der Waals surface area contributed by atoms with Crippen molar-refractivity contribution in [2.75, 3.05) is 0 Å². The lowest BCUT2D eigenvalue weighted by molar-refractivity contribution is 0.0922. The van der Waals surface area contributed by atoms with E-state index >= 15 is 0 Å². The van der Waals surface area contributed by atoms with Crippen LogP contribution in [-0.2, 0) is 23.1 Å². The van der Waals surface area contributed by atoms with Gasteiger partial charge in [-0.1, -0.05) is 54.6 Å². The van der Waals surface area contributed by atoms with Gasteiger partial charge in [0, 0.05) is 24.3 Å². The van der Waals surface area contributed by atoms with Gasteiger partial charge in [0.25, 0.3) is 0 Å². The van der Waals surface area contributed by atoms with Crippen molar-refractivity contribution in [2.24, 2.45) is 10.9 Å². The van der Waals surface area contributed by atoms with Crippen molar-refractivity contribution in [1.82, 2.24) is 14.9 Å². The lowest BCUT2D eigenvalue weighted by Crippen LogP contribution is -2.35. The first-order valence-corrected chi connectivity index (χ1v) is 12.3. The van der Waals surface area contributed by atoms with Gasteiger partial charge < -0.3 is 5.73 Å². The number of benzene rings is 3. The highest BCUT2D eigenvalue weighted by Crippen LogP contribution is 2.31. The maximum atomic E-state index is 13.5. The number of nitrogens with one attached hydrogen (secondary N) is 1. The Balaban J connectivity index is 1.48. The predicted molar refractivity (Wildman–Crippen MR) is 129 cm³/mol. The summed E-state index contributed by atoms with van der Waals surface area (Å²) in [4.78, 5) is 18.0. The fourth-order valence-corrected chi connectivity index (χ4v) is 5.07. The van der Waals surface area contributed by atoms with Gasteiger partial charge >= 0.3 is 0 Å². The molecule has 1 aliphatic heterocycles. The number of carbonyl (C=O) groups is 1. The number of imidazole rings is 1. The quantitative estimate of drug-likeness (QED) is 0.408. The van der Waals surface area contributed by atoms with Gasteiger partial charge in [0.15, 0.2) is 0 Å². The minimum atomic E-state index is -3.87. The number of nitrogens with zero attached hydrogens (tertiary/aromatic N) is 2. The number of rotatable bonds is 5. The Bertz CT molecular complexity index is 1490. The summed E-state index contributed by atoms with van der Waals surface area (Å²) >= 11 is 0. The van der Waals surface area contributed by atoms with Crippen molar-refractivity contribution >= 4 is 15.8 Å². The first kappa shape index (κ1) is 22.2. The first-order chi connectivity index (χ1) is 16.4. The van der Waals surface area contributed by atoms with Crippen molar-refractivity contribution < 1.29 is 13.2 Å². The molecule has 0 bridgehead atoms. The second kappa shape index (κ2) is 8.62. The number of Topliss-reactive ketones (excluding diaryl/α,β-unsaturated/α-hetero) is 1. The number of aromatic nitrogens is 2. The van der Waals surface area contributed by atoms with E-state index in [0.717, 1.165) is 16.8 Å². The summed E-state index contributed by atoms with van der Waals surface area (Å²) in [6.07, 6.45) is 1.66. The van der Waals surface area contributed by atoms with Crippen LogP contribution in [0.3, 0.4) is 0 Å². The Morgan fingerprint density at radius 2 is 1.79 bits per heavy atom. The monoisotopic (exact) mass is 473 g/mol. The number of hydrogen-bond donors (Lipinski definition) is 3.